The van der Waals surface area contributed by atoms with Crippen LogP contribution in [0.25, 0.3) is 0 Å². The van der Waals surface area contributed by atoms with E-state index < -0.39 is 0 Å². The van der Waals surface area contributed by atoms with E-state index in [-0.39, 0.29) is 5.91 Å². The number of aryl methyl sites for hydroxylation is 3. The van der Waals surface area contributed by atoms with Gasteiger partial charge in [0.05, 0.1) is 17.8 Å². The van der Waals surface area contributed by atoms with Crippen molar-refractivity contribution >= 4 is 17.7 Å². The Kier molecular flexibility index (Phi) is 5.46. The van der Waals surface area contributed by atoms with Crippen LogP contribution in [0.2, 0.25) is 0 Å². The summed E-state index contributed by atoms with van der Waals surface area (Å²) in [6.45, 7) is 6.33. The Morgan fingerprint density at radius 2 is 2.08 bits per heavy atom. The molecule has 6 nitrogen and oxygen atoms in total. The molecular weight excluding hydrogens is 348 g/mol. The molecule has 0 bridgehead atoms. The minimum Gasteiger partial charge on any atom is -0.361 e. The molecule has 0 spiro atoms. The summed E-state index contributed by atoms with van der Waals surface area (Å²) < 4.78 is 7.26. The summed E-state index contributed by atoms with van der Waals surface area (Å²) in [6.07, 6.45) is 1.70. The summed E-state index contributed by atoms with van der Waals surface area (Å²) >= 11 is 1.51. The predicted molar refractivity (Wildman–Crippen MR) is 101 cm³/mol. The first-order chi connectivity index (χ1) is 12.5. The molecule has 0 aliphatic rings. The highest BCUT2D eigenvalue weighted by atomic mass is 32.2. The Balaban J connectivity index is 1.70. The maximum absolute atomic E-state index is 12.6. The highest BCUT2D eigenvalue weighted by Gasteiger charge is 2.15. The number of amides is 1. The topological polar surface area (TPSA) is 72.9 Å². The molecule has 0 unspecified atom stereocenters. The van der Waals surface area contributed by atoms with Crippen molar-refractivity contribution in [2.75, 3.05) is 0 Å². The van der Waals surface area contributed by atoms with Crippen LogP contribution in [0.5, 0.6) is 0 Å². The van der Waals surface area contributed by atoms with Crippen LogP contribution in [0.1, 0.15) is 38.8 Å². The van der Waals surface area contributed by atoms with E-state index in [4.69, 9.17) is 4.52 Å². The van der Waals surface area contributed by atoms with E-state index in [9.17, 15) is 4.79 Å². The van der Waals surface area contributed by atoms with Crippen LogP contribution in [0.15, 0.2) is 40.0 Å². The largest absolute Gasteiger partial charge is 0.361 e. The second-order valence-electron chi connectivity index (χ2n) is 6.16. The molecule has 0 fully saturated rings. The van der Waals surface area contributed by atoms with Crippen molar-refractivity contribution in [3.63, 3.8) is 0 Å². The highest BCUT2D eigenvalue weighted by Crippen LogP contribution is 2.27. The van der Waals surface area contributed by atoms with E-state index in [2.05, 4.69) is 20.0 Å². The first kappa shape index (κ1) is 18.3. The molecule has 0 atom stereocenters. The number of rotatable bonds is 6. The van der Waals surface area contributed by atoms with Gasteiger partial charge in [-0.3, -0.25) is 4.79 Å². The van der Waals surface area contributed by atoms with Crippen molar-refractivity contribution in [1.29, 1.82) is 0 Å². The van der Waals surface area contributed by atoms with E-state index in [1.165, 1.54) is 11.8 Å². The van der Waals surface area contributed by atoms with E-state index in [1.54, 1.807) is 18.3 Å². The van der Waals surface area contributed by atoms with Gasteiger partial charge in [0, 0.05) is 35.9 Å². The number of carbonyl (C=O) groups is 1. The van der Waals surface area contributed by atoms with E-state index >= 15 is 0 Å². The maximum Gasteiger partial charge on any atom is 0.254 e. The molecule has 0 aromatic carbocycles. The molecule has 0 aliphatic heterocycles. The second kappa shape index (κ2) is 7.78. The zero-order valence-electron chi connectivity index (χ0n) is 15.4. The van der Waals surface area contributed by atoms with Gasteiger partial charge in [-0.25, -0.2) is 4.98 Å². The third-order valence-corrected chi connectivity index (χ3v) is 5.49. The molecule has 1 amide bonds. The summed E-state index contributed by atoms with van der Waals surface area (Å²) in [5.74, 6) is 1.34. The first-order valence-corrected chi connectivity index (χ1v) is 9.35. The number of nitrogens with one attached hydrogen (secondary N) is 1. The van der Waals surface area contributed by atoms with Gasteiger partial charge in [-0.2, -0.15) is 0 Å². The fraction of sp³-hybridized carbons (Fsp3) is 0.316. The fourth-order valence-corrected chi connectivity index (χ4v) is 3.78. The van der Waals surface area contributed by atoms with Gasteiger partial charge >= 0.3 is 0 Å². The molecule has 0 radical (unpaired) electrons. The van der Waals surface area contributed by atoms with Crippen molar-refractivity contribution in [3.05, 3.63) is 64.4 Å². The van der Waals surface area contributed by atoms with E-state index in [0.717, 1.165) is 28.4 Å². The van der Waals surface area contributed by atoms with Gasteiger partial charge in [0.25, 0.3) is 5.91 Å². The monoisotopic (exact) mass is 370 g/mol. The van der Waals surface area contributed by atoms with Crippen LogP contribution < -0.4 is 5.32 Å². The van der Waals surface area contributed by atoms with Gasteiger partial charge in [0.15, 0.2) is 0 Å². The lowest BCUT2D eigenvalue weighted by atomic mass is 10.2. The number of hydrogen-bond acceptors (Lipinski definition) is 5. The molecule has 3 aromatic heterocycles. The second-order valence-corrected chi connectivity index (χ2v) is 7.12. The Labute approximate surface area is 157 Å². The van der Waals surface area contributed by atoms with Crippen molar-refractivity contribution in [2.45, 2.75) is 38.1 Å². The van der Waals surface area contributed by atoms with Crippen LogP contribution in [-0.4, -0.2) is 20.6 Å². The van der Waals surface area contributed by atoms with Gasteiger partial charge < -0.3 is 14.4 Å². The molecular formula is C19H22N4O2S. The zero-order valence-corrected chi connectivity index (χ0v) is 16.2. The van der Waals surface area contributed by atoms with Crippen molar-refractivity contribution in [3.8, 4) is 0 Å². The third-order valence-electron chi connectivity index (χ3n) is 4.46. The van der Waals surface area contributed by atoms with Gasteiger partial charge in [-0.1, -0.05) is 5.16 Å². The minimum atomic E-state index is -0.127. The van der Waals surface area contributed by atoms with Gasteiger partial charge in [0.2, 0.25) is 0 Å². The standard InChI is InChI=1S/C19H22N4O2S/c1-12-7-8-15(23(12)4)10-21-18(24)16-6-5-9-20-19(16)26-11-17-13(2)22-25-14(17)3/h5-9H,10-11H2,1-4H3,(H,21,24). The Morgan fingerprint density at radius 3 is 2.73 bits per heavy atom. The first-order valence-electron chi connectivity index (χ1n) is 8.36. The lowest BCUT2D eigenvalue weighted by Gasteiger charge is -2.10. The zero-order chi connectivity index (χ0) is 18.7. The molecule has 136 valence electrons. The molecule has 0 aliphatic carbocycles. The lowest BCUT2D eigenvalue weighted by molar-refractivity contribution is 0.0946. The number of pyridine rings is 1. The summed E-state index contributed by atoms with van der Waals surface area (Å²) in [7, 11) is 1.99. The third kappa shape index (κ3) is 3.83. The Bertz CT molecular complexity index is 910. The number of thioether (sulfide) groups is 1. The fourth-order valence-electron chi connectivity index (χ4n) is 2.64. The van der Waals surface area contributed by atoms with E-state index in [1.807, 2.05) is 40.0 Å². The normalized spacial score (nSPS) is 10.9. The predicted octanol–water partition coefficient (Wildman–Crippen LogP) is 3.56. The van der Waals surface area contributed by atoms with Crippen LogP contribution in [0.3, 0.4) is 0 Å². The van der Waals surface area contributed by atoms with Gasteiger partial charge in [-0.15, -0.1) is 11.8 Å². The Morgan fingerprint density at radius 1 is 1.27 bits per heavy atom. The number of nitrogens with zero attached hydrogens (tertiary/aromatic N) is 3. The smallest absolute Gasteiger partial charge is 0.254 e. The lowest BCUT2D eigenvalue weighted by Crippen LogP contribution is -2.24. The summed E-state index contributed by atoms with van der Waals surface area (Å²) in [6, 6.07) is 7.64. The summed E-state index contributed by atoms with van der Waals surface area (Å²) in [5.41, 5.74) is 4.72. The molecule has 3 rings (SSSR count). The van der Waals surface area contributed by atoms with Crippen LogP contribution in [0, 0.1) is 20.8 Å². The van der Waals surface area contributed by atoms with Crippen LogP contribution >= 0.6 is 11.8 Å². The summed E-state index contributed by atoms with van der Waals surface area (Å²) in [5, 5.41) is 7.65. The maximum atomic E-state index is 12.6. The average Bonchev–Trinajstić information content (AvgIpc) is 3.13. The Hall–Kier alpha value is -2.54. The molecule has 0 saturated heterocycles. The summed E-state index contributed by atoms with van der Waals surface area (Å²) in [4.78, 5) is 17.0. The average molecular weight is 370 g/mol. The van der Waals surface area contributed by atoms with Crippen LogP contribution in [-0.2, 0) is 19.3 Å². The molecule has 7 heteroatoms. The molecule has 26 heavy (non-hydrogen) atoms. The molecule has 3 heterocycles. The molecule has 0 saturated carbocycles. The molecule has 3 aromatic rings. The van der Waals surface area contributed by atoms with E-state index in [0.29, 0.717) is 22.9 Å². The number of aromatic nitrogens is 3. The van der Waals surface area contributed by atoms with Gasteiger partial charge in [-0.05, 0) is 45.0 Å². The number of hydrogen-bond donors (Lipinski definition) is 1. The minimum absolute atomic E-state index is 0.127. The molecule has 1 N–H and O–H groups in total. The number of carbonyl (C=O) groups excluding carboxylic acids is 1. The quantitative estimate of drug-likeness (QED) is 0.672. The highest BCUT2D eigenvalue weighted by molar-refractivity contribution is 7.98. The SMILES string of the molecule is Cc1noc(C)c1CSc1ncccc1C(=O)NCc1ccc(C)n1C. The van der Waals surface area contributed by atoms with Crippen LogP contribution in [0.4, 0.5) is 0 Å². The van der Waals surface area contributed by atoms with Crippen molar-refractivity contribution in [2.24, 2.45) is 7.05 Å². The van der Waals surface area contributed by atoms with Gasteiger partial charge in [0.1, 0.15) is 10.8 Å². The van der Waals surface area contributed by atoms with Crippen molar-refractivity contribution in [1.82, 2.24) is 20.0 Å². The van der Waals surface area contributed by atoms with Crippen molar-refractivity contribution < 1.29 is 9.32 Å².